The van der Waals surface area contributed by atoms with Crippen LogP contribution in [0.25, 0.3) is 0 Å². The number of nitrogen functional groups attached to an aromatic ring is 1. The molecule has 1 aliphatic rings. The Bertz CT molecular complexity index is 378. The van der Waals surface area contributed by atoms with Crippen LogP contribution in [-0.4, -0.2) is 26.4 Å². The smallest absolute Gasteiger partial charge is 0.162 e. The van der Waals surface area contributed by atoms with Gasteiger partial charge in [0.2, 0.25) is 0 Å². The van der Waals surface area contributed by atoms with E-state index in [1.807, 2.05) is 6.07 Å². The van der Waals surface area contributed by atoms with Crippen LogP contribution in [0.5, 0.6) is 11.5 Å². The SMILES string of the molecule is COc1cc(N)c(Br)cc1O[C@H]1CCOC1. The number of hydrogen-bond donors (Lipinski definition) is 1. The van der Waals surface area contributed by atoms with Crippen LogP contribution in [0.2, 0.25) is 0 Å². The first-order valence-corrected chi connectivity index (χ1v) is 5.87. The van der Waals surface area contributed by atoms with Crippen LogP contribution in [0.3, 0.4) is 0 Å². The van der Waals surface area contributed by atoms with Gasteiger partial charge in [0.15, 0.2) is 11.5 Å². The molecule has 1 aliphatic heterocycles. The zero-order valence-corrected chi connectivity index (χ0v) is 10.6. The number of nitrogens with two attached hydrogens (primary N) is 1. The van der Waals surface area contributed by atoms with Crippen LogP contribution in [0, 0.1) is 0 Å². The molecule has 2 N–H and O–H groups in total. The minimum atomic E-state index is 0.101. The highest BCUT2D eigenvalue weighted by Crippen LogP contribution is 2.36. The first-order chi connectivity index (χ1) is 7.70. The number of benzene rings is 1. The maximum atomic E-state index is 5.80. The molecule has 1 aromatic carbocycles. The van der Waals surface area contributed by atoms with Crippen LogP contribution in [-0.2, 0) is 4.74 Å². The molecule has 0 aliphatic carbocycles. The molecule has 2 rings (SSSR count). The molecule has 4 nitrogen and oxygen atoms in total. The molecule has 88 valence electrons. The maximum absolute atomic E-state index is 5.80. The van der Waals surface area contributed by atoms with Crippen molar-refractivity contribution in [3.05, 3.63) is 16.6 Å². The number of ether oxygens (including phenoxy) is 3. The minimum absolute atomic E-state index is 0.101. The summed E-state index contributed by atoms with van der Waals surface area (Å²) in [5.41, 5.74) is 6.40. The van der Waals surface area contributed by atoms with E-state index in [1.54, 1.807) is 13.2 Å². The van der Waals surface area contributed by atoms with Crippen molar-refractivity contribution >= 4 is 21.6 Å². The molecule has 0 radical (unpaired) electrons. The monoisotopic (exact) mass is 287 g/mol. The molecule has 0 saturated carbocycles. The summed E-state index contributed by atoms with van der Waals surface area (Å²) in [5, 5.41) is 0. The van der Waals surface area contributed by atoms with Crippen molar-refractivity contribution in [2.24, 2.45) is 0 Å². The van der Waals surface area contributed by atoms with Gasteiger partial charge in [-0.25, -0.2) is 0 Å². The molecular formula is C11H14BrNO3. The summed E-state index contributed by atoms with van der Waals surface area (Å²) in [6.07, 6.45) is 1.01. The Hall–Kier alpha value is -0.940. The maximum Gasteiger partial charge on any atom is 0.162 e. The number of methoxy groups -OCH3 is 1. The Labute approximate surface area is 103 Å². The quantitative estimate of drug-likeness (QED) is 0.866. The Morgan fingerprint density at radius 1 is 1.44 bits per heavy atom. The molecule has 0 unspecified atom stereocenters. The van der Waals surface area contributed by atoms with E-state index in [9.17, 15) is 0 Å². The lowest BCUT2D eigenvalue weighted by Gasteiger charge is -2.15. The summed E-state index contributed by atoms with van der Waals surface area (Å²) >= 11 is 3.37. The highest BCUT2D eigenvalue weighted by Gasteiger charge is 2.19. The molecule has 1 fully saturated rings. The van der Waals surface area contributed by atoms with E-state index >= 15 is 0 Å². The largest absolute Gasteiger partial charge is 0.493 e. The predicted octanol–water partition coefficient (Wildman–Crippen LogP) is 2.21. The van der Waals surface area contributed by atoms with E-state index < -0.39 is 0 Å². The van der Waals surface area contributed by atoms with Crippen molar-refractivity contribution in [3.8, 4) is 11.5 Å². The van der Waals surface area contributed by atoms with E-state index in [1.165, 1.54) is 0 Å². The van der Waals surface area contributed by atoms with E-state index in [4.69, 9.17) is 19.9 Å². The Morgan fingerprint density at radius 2 is 2.25 bits per heavy atom. The second-order valence-corrected chi connectivity index (χ2v) is 4.48. The van der Waals surface area contributed by atoms with Crippen LogP contribution >= 0.6 is 15.9 Å². The van der Waals surface area contributed by atoms with E-state index in [-0.39, 0.29) is 6.10 Å². The third kappa shape index (κ3) is 2.41. The van der Waals surface area contributed by atoms with Crippen LogP contribution in [0.4, 0.5) is 5.69 Å². The van der Waals surface area contributed by atoms with Gasteiger partial charge in [-0.1, -0.05) is 0 Å². The minimum Gasteiger partial charge on any atom is -0.493 e. The summed E-state index contributed by atoms with van der Waals surface area (Å²) in [4.78, 5) is 0. The summed E-state index contributed by atoms with van der Waals surface area (Å²) < 4.78 is 17.1. The van der Waals surface area contributed by atoms with E-state index in [0.29, 0.717) is 23.8 Å². The third-order valence-corrected chi connectivity index (χ3v) is 3.15. The number of halogens is 1. The van der Waals surface area contributed by atoms with Gasteiger partial charge in [0, 0.05) is 28.7 Å². The van der Waals surface area contributed by atoms with Crippen molar-refractivity contribution < 1.29 is 14.2 Å². The zero-order chi connectivity index (χ0) is 11.5. The second-order valence-electron chi connectivity index (χ2n) is 3.63. The van der Waals surface area contributed by atoms with Gasteiger partial charge in [0.25, 0.3) is 0 Å². The Kier molecular flexibility index (Phi) is 3.56. The molecule has 1 aromatic rings. The van der Waals surface area contributed by atoms with Crippen molar-refractivity contribution in [2.75, 3.05) is 26.1 Å². The van der Waals surface area contributed by atoms with Crippen molar-refractivity contribution in [2.45, 2.75) is 12.5 Å². The summed E-state index contributed by atoms with van der Waals surface area (Å²) in [6.45, 7) is 1.38. The lowest BCUT2D eigenvalue weighted by Crippen LogP contribution is -2.16. The fraction of sp³-hybridized carbons (Fsp3) is 0.455. The highest BCUT2D eigenvalue weighted by atomic mass is 79.9. The van der Waals surface area contributed by atoms with Gasteiger partial charge >= 0.3 is 0 Å². The number of hydrogen-bond acceptors (Lipinski definition) is 4. The summed E-state index contributed by atoms with van der Waals surface area (Å²) in [7, 11) is 1.60. The predicted molar refractivity (Wildman–Crippen MR) is 65.0 cm³/mol. The van der Waals surface area contributed by atoms with Gasteiger partial charge in [0.1, 0.15) is 6.10 Å². The van der Waals surface area contributed by atoms with Gasteiger partial charge in [-0.3, -0.25) is 0 Å². The highest BCUT2D eigenvalue weighted by molar-refractivity contribution is 9.10. The van der Waals surface area contributed by atoms with Gasteiger partial charge in [0.05, 0.1) is 20.3 Å². The van der Waals surface area contributed by atoms with Crippen molar-refractivity contribution in [1.82, 2.24) is 0 Å². The fourth-order valence-electron chi connectivity index (χ4n) is 1.59. The summed E-state index contributed by atoms with van der Waals surface area (Å²) in [6, 6.07) is 3.57. The summed E-state index contributed by atoms with van der Waals surface area (Å²) in [5.74, 6) is 1.34. The first-order valence-electron chi connectivity index (χ1n) is 5.08. The molecule has 0 amide bonds. The standard InChI is InChI=1S/C11H14BrNO3/c1-14-10-5-9(13)8(12)4-11(10)16-7-2-3-15-6-7/h4-5,7H,2-3,6,13H2,1H3/t7-/m0/s1. The molecular weight excluding hydrogens is 274 g/mol. The van der Waals surface area contributed by atoms with Gasteiger partial charge in [-0.2, -0.15) is 0 Å². The Morgan fingerprint density at radius 3 is 2.88 bits per heavy atom. The second kappa shape index (κ2) is 4.93. The van der Waals surface area contributed by atoms with Gasteiger partial charge in [-0.15, -0.1) is 0 Å². The van der Waals surface area contributed by atoms with Gasteiger partial charge < -0.3 is 19.9 Å². The third-order valence-electron chi connectivity index (χ3n) is 2.46. The average molecular weight is 288 g/mol. The Balaban J connectivity index is 2.20. The van der Waals surface area contributed by atoms with E-state index in [0.717, 1.165) is 17.5 Å². The molecule has 1 heterocycles. The molecule has 0 spiro atoms. The topological polar surface area (TPSA) is 53.7 Å². The van der Waals surface area contributed by atoms with Crippen molar-refractivity contribution in [1.29, 1.82) is 0 Å². The van der Waals surface area contributed by atoms with Crippen LogP contribution in [0.15, 0.2) is 16.6 Å². The molecule has 5 heteroatoms. The molecule has 1 atom stereocenters. The number of rotatable bonds is 3. The fourth-order valence-corrected chi connectivity index (χ4v) is 1.91. The van der Waals surface area contributed by atoms with Crippen molar-refractivity contribution in [3.63, 3.8) is 0 Å². The molecule has 0 bridgehead atoms. The van der Waals surface area contributed by atoms with Crippen LogP contribution < -0.4 is 15.2 Å². The first kappa shape index (κ1) is 11.5. The molecule has 0 aromatic heterocycles. The lowest BCUT2D eigenvalue weighted by molar-refractivity contribution is 0.138. The van der Waals surface area contributed by atoms with Gasteiger partial charge in [-0.05, 0) is 15.9 Å². The average Bonchev–Trinajstić information content (AvgIpc) is 2.76. The zero-order valence-electron chi connectivity index (χ0n) is 9.03. The van der Waals surface area contributed by atoms with E-state index in [2.05, 4.69) is 15.9 Å². The lowest BCUT2D eigenvalue weighted by atomic mass is 10.2. The number of anilines is 1. The van der Waals surface area contributed by atoms with Crippen LogP contribution in [0.1, 0.15) is 6.42 Å². The molecule has 16 heavy (non-hydrogen) atoms. The normalized spacial score (nSPS) is 19.8. The molecule has 1 saturated heterocycles.